The standard InChI is InChI=1S/C13H14FN3O2S/c1-8-2-3-9(14)4-13(8)17-11-5-10(15)6-12(7-11)20(16,18)19/h2-7,17H,15H2,1H3,(H2,16,18,19). The Morgan fingerprint density at radius 1 is 1.15 bits per heavy atom. The molecule has 5 nitrogen and oxygen atoms in total. The van der Waals surface area contributed by atoms with Crippen molar-refractivity contribution in [2.24, 2.45) is 5.14 Å². The van der Waals surface area contributed by atoms with E-state index < -0.39 is 15.8 Å². The third-order valence-electron chi connectivity index (χ3n) is 2.74. The number of halogens is 1. The van der Waals surface area contributed by atoms with Gasteiger partial charge in [0.25, 0.3) is 0 Å². The van der Waals surface area contributed by atoms with Crippen molar-refractivity contribution >= 4 is 27.1 Å². The molecule has 20 heavy (non-hydrogen) atoms. The summed E-state index contributed by atoms with van der Waals surface area (Å²) in [7, 11) is -3.85. The van der Waals surface area contributed by atoms with Crippen LogP contribution in [0.15, 0.2) is 41.3 Å². The second-order valence-corrected chi connectivity index (χ2v) is 5.98. The van der Waals surface area contributed by atoms with Crippen LogP contribution in [-0.4, -0.2) is 8.42 Å². The molecule has 0 atom stereocenters. The lowest BCUT2D eigenvalue weighted by atomic mass is 10.2. The first-order chi connectivity index (χ1) is 9.25. The molecule has 0 amide bonds. The van der Waals surface area contributed by atoms with Crippen LogP contribution in [-0.2, 0) is 10.0 Å². The maximum absolute atomic E-state index is 13.2. The number of aryl methyl sites for hydroxylation is 1. The molecule has 0 aliphatic rings. The van der Waals surface area contributed by atoms with Crippen molar-refractivity contribution in [1.82, 2.24) is 0 Å². The highest BCUT2D eigenvalue weighted by molar-refractivity contribution is 7.89. The fraction of sp³-hybridized carbons (Fsp3) is 0.0769. The Morgan fingerprint density at radius 2 is 1.85 bits per heavy atom. The van der Waals surface area contributed by atoms with E-state index in [1.165, 1.54) is 24.3 Å². The van der Waals surface area contributed by atoms with E-state index in [0.717, 1.165) is 5.56 Å². The molecule has 2 aromatic rings. The van der Waals surface area contributed by atoms with Gasteiger partial charge in [-0.3, -0.25) is 0 Å². The number of primary sulfonamides is 1. The Kier molecular flexibility index (Phi) is 3.65. The number of sulfonamides is 1. The monoisotopic (exact) mass is 295 g/mol. The fourth-order valence-electron chi connectivity index (χ4n) is 1.74. The van der Waals surface area contributed by atoms with Crippen molar-refractivity contribution in [3.05, 3.63) is 47.8 Å². The number of rotatable bonds is 3. The van der Waals surface area contributed by atoms with Crippen molar-refractivity contribution in [1.29, 1.82) is 0 Å². The molecule has 0 unspecified atom stereocenters. The van der Waals surface area contributed by atoms with E-state index in [1.54, 1.807) is 19.1 Å². The summed E-state index contributed by atoms with van der Waals surface area (Å²) in [5, 5.41) is 8.00. The largest absolute Gasteiger partial charge is 0.399 e. The zero-order chi connectivity index (χ0) is 14.9. The molecule has 106 valence electrons. The minimum Gasteiger partial charge on any atom is -0.399 e. The van der Waals surface area contributed by atoms with Crippen molar-refractivity contribution in [3.63, 3.8) is 0 Å². The normalized spacial score (nSPS) is 11.3. The lowest BCUT2D eigenvalue weighted by molar-refractivity contribution is 0.598. The Balaban J connectivity index is 2.44. The number of hydrogen-bond acceptors (Lipinski definition) is 4. The lowest BCUT2D eigenvalue weighted by Gasteiger charge is -2.11. The summed E-state index contributed by atoms with van der Waals surface area (Å²) < 4.78 is 35.9. The molecular formula is C13H14FN3O2S. The van der Waals surface area contributed by atoms with Crippen molar-refractivity contribution in [3.8, 4) is 0 Å². The summed E-state index contributed by atoms with van der Waals surface area (Å²) >= 11 is 0. The van der Waals surface area contributed by atoms with Gasteiger partial charge in [0.1, 0.15) is 5.82 Å². The van der Waals surface area contributed by atoms with E-state index >= 15 is 0 Å². The number of anilines is 3. The average Bonchev–Trinajstić information content (AvgIpc) is 2.32. The first-order valence-electron chi connectivity index (χ1n) is 5.72. The Morgan fingerprint density at radius 3 is 2.50 bits per heavy atom. The van der Waals surface area contributed by atoms with Gasteiger partial charge in [0.05, 0.1) is 4.90 Å². The first-order valence-corrected chi connectivity index (χ1v) is 7.27. The molecule has 0 fully saturated rings. The fourth-order valence-corrected chi connectivity index (χ4v) is 2.33. The topological polar surface area (TPSA) is 98.2 Å². The minimum absolute atomic E-state index is 0.103. The van der Waals surface area contributed by atoms with Gasteiger partial charge in [-0.05, 0) is 42.8 Å². The highest BCUT2D eigenvalue weighted by Crippen LogP contribution is 2.25. The Bertz CT molecular complexity index is 760. The summed E-state index contributed by atoms with van der Waals surface area (Å²) in [5.74, 6) is -0.395. The van der Waals surface area contributed by atoms with E-state index in [2.05, 4.69) is 5.32 Å². The van der Waals surface area contributed by atoms with E-state index in [1.807, 2.05) is 0 Å². The third kappa shape index (κ3) is 3.25. The van der Waals surface area contributed by atoms with Crippen molar-refractivity contribution < 1.29 is 12.8 Å². The molecule has 2 rings (SSSR count). The molecule has 7 heteroatoms. The minimum atomic E-state index is -3.85. The van der Waals surface area contributed by atoms with Gasteiger partial charge in [-0.1, -0.05) is 6.07 Å². The van der Waals surface area contributed by atoms with Crippen LogP contribution in [0.3, 0.4) is 0 Å². The predicted molar refractivity (Wildman–Crippen MR) is 76.6 cm³/mol. The number of nitrogens with one attached hydrogen (secondary N) is 1. The van der Waals surface area contributed by atoms with Gasteiger partial charge in [0.2, 0.25) is 10.0 Å². The SMILES string of the molecule is Cc1ccc(F)cc1Nc1cc(N)cc(S(N)(=O)=O)c1. The number of hydrogen-bond donors (Lipinski definition) is 3. The van der Waals surface area contributed by atoms with Crippen LogP contribution in [0.4, 0.5) is 21.5 Å². The molecule has 0 saturated carbocycles. The third-order valence-corrected chi connectivity index (χ3v) is 3.63. The zero-order valence-corrected chi connectivity index (χ0v) is 11.5. The second kappa shape index (κ2) is 5.10. The predicted octanol–water partition coefficient (Wildman–Crippen LogP) is 2.11. The zero-order valence-electron chi connectivity index (χ0n) is 10.7. The first kappa shape index (κ1) is 14.3. The van der Waals surface area contributed by atoms with Gasteiger partial charge in [-0.15, -0.1) is 0 Å². The summed E-state index contributed by atoms with van der Waals surface area (Å²) in [6.07, 6.45) is 0. The van der Waals surface area contributed by atoms with Crippen LogP contribution in [0.5, 0.6) is 0 Å². The molecule has 0 saturated heterocycles. The van der Waals surface area contributed by atoms with Gasteiger partial charge >= 0.3 is 0 Å². The van der Waals surface area contributed by atoms with E-state index in [9.17, 15) is 12.8 Å². The molecule has 2 aromatic carbocycles. The number of benzene rings is 2. The molecule has 5 N–H and O–H groups in total. The second-order valence-electron chi connectivity index (χ2n) is 4.42. The van der Waals surface area contributed by atoms with Crippen LogP contribution in [0.25, 0.3) is 0 Å². The van der Waals surface area contributed by atoms with Gasteiger partial charge in [0.15, 0.2) is 0 Å². The highest BCUT2D eigenvalue weighted by atomic mass is 32.2. The molecule has 0 radical (unpaired) electrons. The number of nitrogen functional groups attached to an aromatic ring is 1. The quantitative estimate of drug-likeness (QED) is 0.755. The van der Waals surface area contributed by atoms with Crippen LogP contribution in [0.2, 0.25) is 0 Å². The van der Waals surface area contributed by atoms with Crippen LogP contribution >= 0.6 is 0 Å². The van der Waals surface area contributed by atoms with E-state index in [-0.39, 0.29) is 10.6 Å². The maximum Gasteiger partial charge on any atom is 0.238 e. The van der Waals surface area contributed by atoms with Gasteiger partial charge in [-0.25, -0.2) is 17.9 Å². The molecule has 0 aromatic heterocycles. The lowest BCUT2D eigenvalue weighted by Crippen LogP contribution is -2.12. The van der Waals surface area contributed by atoms with Crippen molar-refractivity contribution in [2.75, 3.05) is 11.1 Å². The van der Waals surface area contributed by atoms with E-state index in [4.69, 9.17) is 10.9 Å². The molecule has 0 spiro atoms. The maximum atomic E-state index is 13.2. The van der Waals surface area contributed by atoms with Crippen LogP contribution < -0.4 is 16.2 Å². The average molecular weight is 295 g/mol. The molecule has 0 heterocycles. The Labute approximate surface area is 116 Å². The van der Waals surface area contributed by atoms with E-state index in [0.29, 0.717) is 11.4 Å². The van der Waals surface area contributed by atoms with Gasteiger partial charge in [0, 0.05) is 17.1 Å². The number of nitrogens with two attached hydrogens (primary N) is 2. The summed E-state index contributed by atoms with van der Waals surface area (Å²) in [5.41, 5.74) is 7.64. The van der Waals surface area contributed by atoms with Crippen LogP contribution in [0.1, 0.15) is 5.56 Å². The smallest absolute Gasteiger partial charge is 0.238 e. The summed E-state index contributed by atoms with van der Waals surface area (Å²) in [4.78, 5) is -0.103. The molecule has 0 bridgehead atoms. The van der Waals surface area contributed by atoms with Gasteiger partial charge < -0.3 is 11.1 Å². The Hall–Kier alpha value is -2.12. The molecular weight excluding hydrogens is 281 g/mol. The molecule has 0 aliphatic heterocycles. The summed E-state index contributed by atoms with van der Waals surface area (Å²) in [6.45, 7) is 1.80. The highest BCUT2D eigenvalue weighted by Gasteiger charge is 2.10. The summed E-state index contributed by atoms with van der Waals surface area (Å²) in [6, 6.07) is 8.42. The van der Waals surface area contributed by atoms with Crippen molar-refractivity contribution in [2.45, 2.75) is 11.8 Å². The van der Waals surface area contributed by atoms with Gasteiger partial charge in [-0.2, -0.15) is 0 Å². The molecule has 0 aliphatic carbocycles. The van der Waals surface area contributed by atoms with Crippen LogP contribution in [0, 0.1) is 12.7 Å².